The van der Waals surface area contributed by atoms with Crippen LogP contribution < -0.4 is 20.8 Å². The van der Waals surface area contributed by atoms with Gasteiger partial charge in [-0.15, -0.1) is 0 Å². The molecule has 0 aromatic heterocycles. The molecule has 1 heterocycles. The highest BCUT2D eigenvalue weighted by atomic mass is 32.1. The third kappa shape index (κ3) is 4.58. The largest absolute Gasteiger partial charge is 0.482 e. The number of carbonyl (C=O) groups excluding carboxylic acids is 1. The fourth-order valence-corrected chi connectivity index (χ4v) is 2.65. The van der Waals surface area contributed by atoms with E-state index < -0.39 is 11.7 Å². The van der Waals surface area contributed by atoms with Crippen LogP contribution in [0.25, 0.3) is 0 Å². The number of hydrazone groups is 1. The maximum absolute atomic E-state index is 13.0. The Morgan fingerprint density at radius 1 is 1.25 bits per heavy atom. The molecule has 0 saturated heterocycles. The van der Waals surface area contributed by atoms with Gasteiger partial charge in [0.15, 0.2) is 11.7 Å². The molecule has 0 radical (unpaired) electrons. The molecule has 1 amide bonds. The van der Waals surface area contributed by atoms with Crippen LogP contribution in [0.3, 0.4) is 0 Å². The molecule has 146 valence electrons. The minimum Gasteiger partial charge on any atom is -0.482 e. The lowest BCUT2D eigenvalue weighted by atomic mass is 10.1. The lowest BCUT2D eigenvalue weighted by Crippen LogP contribution is -2.27. The third-order valence-corrected chi connectivity index (χ3v) is 4.03. The van der Waals surface area contributed by atoms with Gasteiger partial charge in [0.1, 0.15) is 5.75 Å². The van der Waals surface area contributed by atoms with E-state index in [0.717, 1.165) is 6.07 Å². The van der Waals surface area contributed by atoms with Crippen LogP contribution in [0.2, 0.25) is 0 Å². The zero-order chi connectivity index (χ0) is 20.3. The van der Waals surface area contributed by atoms with Crippen molar-refractivity contribution in [1.82, 2.24) is 5.43 Å². The number of alkyl halides is 3. The molecular weight excluding hydrogens is 393 g/mol. The number of nitrogens with zero attached hydrogens (tertiary/aromatic N) is 1. The normalized spacial score (nSPS) is 13.9. The first-order chi connectivity index (χ1) is 13.2. The van der Waals surface area contributed by atoms with E-state index >= 15 is 0 Å². The molecule has 10 heteroatoms. The van der Waals surface area contributed by atoms with Crippen molar-refractivity contribution in [1.29, 1.82) is 0 Å². The number of amides is 1. The summed E-state index contributed by atoms with van der Waals surface area (Å²) in [5, 5.41) is 9.17. The minimum absolute atomic E-state index is 0.0414. The van der Waals surface area contributed by atoms with Crippen LogP contribution >= 0.6 is 12.2 Å². The Balaban J connectivity index is 1.70. The Morgan fingerprint density at radius 2 is 2.00 bits per heavy atom. The van der Waals surface area contributed by atoms with Crippen LogP contribution in [0.4, 0.5) is 24.5 Å². The van der Waals surface area contributed by atoms with E-state index in [1.807, 2.05) is 0 Å². The summed E-state index contributed by atoms with van der Waals surface area (Å²) in [6.07, 6.45) is -4.51. The molecule has 2 aromatic rings. The average Bonchev–Trinajstić information content (AvgIpc) is 2.65. The molecule has 6 nitrogen and oxygen atoms in total. The SMILES string of the molecule is C/C(=N/NC(=S)Nc1ccccc1C(F)(F)F)c1ccc2c(c1)NC(=O)CO2. The molecular formula is C18H15F3N4O2S. The van der Waals surface area contributed by atoms with Crippen molar-refractivity contribution < 1.29 is 22.7 Å². The van der Waals surface area contributed by atoms with Crippen molar-refractivity contribution in [3.8, 4) is 5.75 Å². The van der Waals surface area contributed by atoms with Crippen LogP contribution in [-0.4, -0.2) is 23.3 Å². The van der Waals surface area contributed by atoms with Gasteiger partial charge in [-0.2, -0.15) is 18.3 Å². The van der Waals surface area contributed by atoms with Crippen LogP contribution in [0, 0.1) is 0 Å². The number of benzene rings is 2. The summed E-state index contributed by atoms with van der Waals surface area (Å²) in [4.78, 5) is 11.4. The molecule has 1 aliphatic rings. The van der Waals surface area contributed by atoms with Crippen molar-refractivity contribution in [2.45, 2.75) is 13.1 Å². The van der Waals surface area contributed by atoms with Gasteiger partial charge in [-0.1, -0.05) is 12.1 Å². The van der Waals surface area contributed by atoms with Gasteiger partial charge >= 0.3 is 6.18 Å². The van der Waals surface area contributed by atoms with E-state index in [1.165, 1.54) is 18.2 Å². The molecule has 0 unspecified atom stereocenters. The number of hydrogen-bond acceptors (Lipinski definition) is 4. The number of nitrogens with one attached hydrogen (secondary N) is 3. The van der Waals surface area contributed by atoms with Crippen molar-refractivity contribution in [2.24, 2.45) is 5.10 Å². The number of carbonyl (C=O) groups is 1. The van der Waals surface area contributed by atoms with E-state index in [-0.39, 0.29) is 23.3 Å². The van der Waals surface area contributed by atoms with Crippen LogP contribution in [0.1, 0.15) is 18.1 Å². The first-order valence-corrected chi connectivity index (χ1v) is 8.49. The smallest absolute Gasteiger partial charge is 0.418 e. The number of fused-ring (bicyclic) bond motifs is 1. The van der Waals surface area contributed by atoms with E-state index in [9.17, 15) is 18.0 Å². The third-order valence-electron chi connectivity index (χ3n) is 3.84. The standard InChI is InChI=1S/C18H15F3N4O2S/c1-10(11-6-7-15-14(8-11)22-16(26)9-27-15)24-25-17(28)23-13-5-3-2-4-12(13)18(19,20)21/h2-8H,9H2,1H3,(H,22,26)(H2,23,25,28)/b24-10-. The molecule has 0 spiro atoms. The summed E-state index contributed by atoms with van der Waals surface area (Å²) >= 11 is 5.03. The first-order valence-electron chi connectivity index (χ1n) is 8.08. The fraction of sp³-hybridized carbons (Fsp3) is 0.167. The lowest BCUT2D eigenvalue weighted by molar-refractivity contribution is -0.136. The Morgan fingerprint density at radius 3 is 2.75 bits per heavy atom. The molecule has 0 saturated carbocycles. The number of halogens is 3. The van der Waals surface area contributed by atoms with Gasteiger partial charge in [0.2, 0.25) is 0 Å². The first kappa shape index (κ1) is 19.6. The van der Waals surface area contributed by atoms with Crippen LogP contribution in [0.15, 0.2) is 47.6 Å². The van der Waals surface area contributed by atoms with E-state index in [4.69, 9.17) is 17.0 Å². The molecule has 28 heavy (non-hydrogen) atoms. The van der Waals surface area contributed by atoms with Gasteiger partial charge in [-0.25, -0.2) is 0 Å². The van der Waals surface area contributed by atoms with Gasteiger partial charge in [0, 0.05) is 0 Å². The zero-order valence-electron chi connectivity index (χ0n) is 14.6. The average molecular weight is 408 g/mol. The summed E-state index contributed by atoms with van der Waals surface area (Å²) in [5.41, 5.74) is 3.22. The zero-order valence-corrected chi connectivity index (χ0v) is 15.4. The maximum atomic E-state index is 13.0. The van der Waals surface area contributed by atoms with Gasteiger partial charge in [-0.3, -0.25) is 10.2 Å². The predicted molar refractivity (Wildman–Crippen MR) is 104 cm³/mol. The molecule has 1 aliphatic heterocycles. The van der Waals surface area contributed by atoms with E-state index in [2.05, 4.69) is 21.2 Å². The highest BCUT2D eigenvalue weighted by molar-refractivity contribution is 7.80. The minimum atomic E-state index is -4.51. The monoisotopic (exact) mass is 408 g/mol. The highest BCUT2D eigenvalue weighted by Crippen LogP contribution is 2.34. The van der Waals surface area contributed by atoms with Gasteiger partial charge in [0.05, 0.1) is 22.6 Å². The summed E-state index contributed by atoms with van der Waals surface area (Å²) in [7, 11) is 0. The van der Waals surface area contributed by atoms with Gasteiger partial charge in [-0.05, 0) is 55.0 Å². The molecule has 3 N–H and O–H groups in total. The second kappa shape index (κ2) is 7.85. The highest BCUT2D eigenvalue weighted by Gasteiger charge is 2.33. The van der Waals surface area contributed by atoms with Crippen LogP contribution in [-0.2, 0) is 11.0 Å². The number of thiocarbonyl (C=S) groups is 1. The topological polar surface area (TPSA) is 74.8 Å². The second-order valence-electron chi connectivity index (χ2n) is 5.85. The molecule has 0 fully saturated rings. The summed E-state index contributed by atoms with van der Waals surface area (Å²) < 4.78 is 44.4. The molecule has 2 aromatic carbocycles. The van der Waals surface area contributed by atoms with Gasteiger partial charge in [0.25, 0.3) is 5.91 Å². The Hall–Kier alpha value is -3.14. The van der Waals surface area contributed by atoms with E-state index in [0.29, 0.717) is 22.7 Å². The molecule has 3 rings (SSSR count). The van der Waals surface area contributed by atoms with Crippen molar-refractivity contribution in [2.75, 3.05) is 17.2 Å². The van der Waals surface area contributed by atoms with Crippen molar-refractivity contribution in [3.63, 3.8) is 0 Å². The van der Waals surface area contributed by atoms with Crippen molar-refractivity contribution >= 4 is 40.3 Å². The number of hydrogen-bond donors (Lipinski definition) is 3. The summed E-state index contributed by atoms with van der Waals surface area (Å²) in [5.74, 6) is 0.288. The molecule has 0 atom stereocenters. The number of para-hydroxylation sites is 1. The fourth-order valence-electron chi connectivity index (χ4n) is 2.50. The second-order valence-corrected chi connectivity index (χ2v) is 6.26. The molecule has 0 bridgehead atoms. The number of anilines is 2. The summed E-state index contributed by atoms with van der Waals surface area (Å²) in [6, 6.07) is 10.1. The quantitative estimate of drug-likeness (QED) is 0.410. The number of rotatable bonds is 3. The number of ether oxygens (including phenoxy) is 1. The van der Waals surface area contributed by atoms with Crippen LogP contribution in [0.5, 0.6) is 5.75 Å². The lowest BCUT2D eigenvalue weighted by Gasteiger charge is -2.18. The molecule has 0 aliphatic carbocycles. The van der Waals surface area contributed by atoms with Gasteiger partial charge < -0.3 is 15.4 Å². The van der Waals surface area contributed by atoms with E-state index in [1.54, 1.807) is 25.1 Å². The van der Waals surface area contributed by atoms with Crippen molar-refractivity contribution in [3.05, 3.63) is 53.6 Å². The maximum Gasteiger partial charge on any atom is 0.418 e. The Kier molecular flexibility index (Phi) is 5.50. The Labute approximate surface area is 163 Å². The Bertz CT molecular complexity index is 960. The summed E-state index contributed by atoms with van der Waals surface area (Å²) in [6.45, 7) is 1.65. The predicted octanol–water partition coefficient (Wildman–Crippen LogP) is 3.75.